The third kappa shape index (κ3) is 5.06. The summed E-state index contributed by atoms with van der Waals surface area (Å²) in [5.41, 5.74) is 3.72. The number of aryl methyl sites for hydroxylation is 2. The second-order valence-electron chi connectivity index (χ2n) is 7.77. The number of nitrogens with one attached hydrogen (secondary N) is 1. The SMILES string of the molecule is Cc1noc(C)c1COc1ccc(CC(=O)Nc2ccc(C(C)(C)C#N)cc2)cc1. The van der Waals surface area contributed by atoms with Crippen LogP contribution in [-0.2, 0) is 23.2 Å². The lowest BCUT2D eigenvalue weighted by Crippen LogP contribution is -2.16. The molecule has 1 aromatic heterocycles. The Hall–Kier alpha value is -3.59. The normalized spacial score (nSPS) is 11.0. The fourth-order valence-corrected chi connectivity index (χ4v) is 2.99. The van der Waals surface area contributed by atoms with Crippen LogP contribution in [0.15, 0.2) is 53.1 Å². The maximum atomic E-state index is 12.3. The number of rotatable bonds is 7. The number of carbonyl (C=O) groups is 1. The van der Waals surface area contributed by atoms with Crippen molar-refractivity contribution in [2.45, 2.75) is 46.1 Å². The predicted octanol–water partition coefficient (Wildman–Crippen LogP) is 4.85. The van der Waals surface area contributed by atoms with Gasteiger partial charge in [-0.3, -0.25) is 4.79 Å². The summed E-state index contributed by atoms with van der Waals surface area (Å²) in [6, 6.07) is 17.1. The van der Waals surface area contributed by atoms with E-state index in [0.29, 0.717) is 12.3 Å². The lowest BCUT2D eigenvalue weighted by Gasteiger charge is -2.16. The molecule has 0 saturated heterocycles. The van der Waals surface area contributed by atoms with E-state index < -0.39 is 5.41 Å². The molecule has 30 heavy (non-hydrogen) atoms. The van der Waals surface area contributed by atoms with E-state index in [1.165, 1.54) is 0 Å². The summed E-state index contributed by atoms with van der Waals surface area (Å²) in [5, 5.41) is 16.0. The van der Waals surface area contributed by atoms with E-state index in [-0.39, 0.29) is 12.3 Å². The number of nitrogens with zero attached hydrogens (tertiary/aromatic N) is 2. The third-order valence-electron chi connectivity index (χ3n) is 5.02. The van der Waals surface area contributed by atoms with Crippen molar-refractivity contribution in [3.63, 3.8) is 0 Å². The zero-order valence-corrected chi connectivity index (χ0v) is 17.7. The number of hydrogen-bond acceptors (Lipinski definition) is 5. The zero-order valence-electron chi connectivity index (χ0n) is 17.7. The number of nitriles is 1. The Balaban J connectivity index is 1.54. The van der Waals surface area contributed by atoms with Crippen LogP contribution in [0, 0.1) is 25.2 Å². The van der Waals surface area contributed by atoms with Crippen molar-refractivity contribution >= 4 is 11.6 Å². The first-order valence-corrected chi connectivity index (χ1v) is 9.73. The van der Waals surface area contributed by atoms with Gasteiger partial charge < -0.3 is 14.6 Å². The highest BCUT2D eigenvalue weighted by molar-refractivity contribution is 5.92. The zero-order chi connectivity index (χ0) is 21.7. The minimum atomic E-state index is -0.558. The standard InChI is InChI=1S/C24H25N3O3/c1-16-22(17(2)30-27-16)14-29-21-11-5-18(6-12-21)13-23(28)26-20-9-7-19(8-10-20)24(3,4)15-25/h5-12H,13-14H2,1-4H3,(H,26,28). The quantitative estimate of drug-likeness (QED) is 0.609. The Bertz CT molecular complexity index is 1040. The summed E-state index contributed by atoms with van der Waals surface area (Å²) in [5.74, 6) is 1.37. The van der Waals surface area contributed by atoms with Crippen LogP contribution >= 0.6 is 0 Å². The van der Waals surface area contributed by atoms with Gasteiger partial charge in [0.05, 0.1) is 29.2 Å². The second-order valence-corrected chi connectivity index (χ2v) is 7.77. The number of amides is 1. The first-order chi connectivity index (χ1) is 14.3. The van der Waals surface area contributed by atoms with E-state index in [4.69, 9.17) is 9.26 Å². The molecule has 1 heterocycles. The maximum Gasteiger partial charge on any atom is 0.228 e. The van der Waals surface area contributed by atoms with Crippen LogP contribution in [0.5, 0.6) is 5.75 Å². The fraction of sp³-hybridized carbons (Fsp3) is 0.292. The summed E-state index contributed by atoms with van der Waals surface area (Å²) < 4.78 is 10.9. The Labute approximate surface area is 176 Å². The monoisotopic (exact) mass is 403 g/mol. The highest BCUT2D eigenvalue weighted by atomic mass is 16.5. The molecule has 0 aliphatic carbocycles. The molecule has 154 valence electrons. The molecule has 0 aliphatic rings. The summed E-state index contributed by atoms with van der Waals surface area (Å²) in [4.78, 5) is 12.3. The van der Waals surface area contributed by atoms with Gasteiger partial charge in [0.1, 0.15) is 18.1 Å². The highest BCUT2D eigenvalue weighted by Crippen LogP contribution is 2.24. The van der Waals surface area contributed by atoms with Crippen LogP contribution in [0.25, 0.3) is 0 Å². The van der Waals surface area contributed by atoms with Crippen LogP contribution in [-0.4, -0.2) is 11.1 Å². The Morgan fingerprint density at radius 1 is 1.13 bits per heavy atom. The topological polar surface area (TPSA) is 88.2 Å². The van der Waals surface area contributed by atoms with E-state index in [0.717, 1.165) is 33.9 Å². The van der Waals surface area contributed by atoms with Crippen LogP contribution in [0.4, 0.5) is 5.69 Å². The van der Waals surface area contributed by atoms with Crippen LogP contribution in [0.1, 0.15) is 42.0 Å². The molecule has 0 saturated carbocycles. The van der Waals surface area contributed by atoms with Crippen LogP contribution in [0.3, 0.4) is 0 Å². The van der Waals surface area contributed by atoms with Crippen molar-refractivity contribution in [2.75, 3.05) is 5.32 Å². The third-order valence-corrected chi connectivity index (χ3v) is 5.02. The van der Waals surface area contributed by atoms with Gasteiger partial charge in [0.25, 0.3) is 0 Å². The molecule has 0 atom stereocenters. The van der Waals surface area contributed by atoms with E-state index in [2.05, 4.69) is 16.5 Å². The van der Waals surface area contributed by atoms with E-state index in [1.54, 1.807) is 0 Å². The molecule has 0 radical (unpaired) electrons. The smallest absolute Gasteiger partial charge is 0.228 e. The van der Waals surface area contributed by atoms with Crippen LogP contribution < -0.4 is 10.1 Å². The number of hydrogen-bond donors (Lipinski definition) is 1. The summed E-state index contributed by atoms with van der Waals surface area (Å²) in [6.07, 6.45) is 0.260. The number of aromatic nitrogens is 1. The summed E-state index contributed by atoms with van der Waals surface area (Å²) >= 11 is 0. The largest absolute Gasteiger partial charge is 0.489 e. The number of anilines is 1. The lowest BCUT2D eigenvalue weighted by atomic mass is 9.86. The predicted molar refractivity (Wildman–Crippen MR) is 114 cm³/mol. The van der Waals surface area contributed by atoms with Gasteiger partial charge in [-0.1, -0.05) is 29.4 Å². The molecule has 2 aromatic carbocycles. The van der Waals surface area contributed by atoms with E-state index in [9.17, 15) is 10.1 Å². The molecule has 1 amide bonds. The van der Waals surface area contributed by atoms with E-state index in [1.807, 2.05) is 76.2 Å². The molecule has 0 fully saturated rings. The van der Waals surface area contributed by atoms with Crippen molar-refractivity contribution in [3.8, 4) is 11.8 Å². The minimum Gasteiger partial charge on any atom is -0.489 e. The van der Waals surface area contributed by atoms with Gasteiger partial charge in [-0.2, -0.15) is 5.26 Å². The molecule has 3 aromatic rings. The van der Waals surface area contributed by atoms with Gasteiger partial charge in [-0.25, -0.2) is 0 Å². The Morgan fingerprint density at radius 2 is 1.80 bits per heavy atom. The summed E-state index contributed by atoms with van der Waals surface area (Å²) in [7, 11) is 0. The fourth-order valence-electron chi connectivity index (χ4n) is 2.99. The van der Waals surface area contributed by atoms with Crippen molar-refractivity contribution in [1.82, 2.24) is 5.16 Å². The molecule has 0 bridgehead atoms. The maximum absolute atomic E-state index is 12.3. The Morgan fingerprint density at radius 3 is 2.37 bits per heavy atom. The van der Waals surface area contributed by atoms with Gasteiger partial charge in [-0.15, -0.1) is 0 Å². The van der Waals surface area contributed by atoms with E-state index >= 15 is 0 Å². The molecule has 1 N–H and O–H groups in total. The molecule has 0 spiro atoms. The van der Waals surface area contributed by atoms with Gasteiger partial charge in [0.2, 0.25) is 5.91 Å². The molecular formula is C24H25N3O3. The Kier molecular flexibility index (Phi) is 6.22. The second kappa shape index (κ2) is 8.83. The van der Waals surface area contributed by atoms with Gasteiger partial charge in [0.15, 0.2) is 0 Å². The minimum absolute atomic E-state index is 0.105. The molecule has 6 nitrogen and oxygen atoms in total. The molecule has 0 aliphatic heterocycles. The first kappa shape index (κ1) is 21.1. The van der Waals surface area contributed by atoms with Gasteiger partial charge in [-0.05, 0) is 63.1 Å². The van der Waals surface area contributed by atoms with Crippen molar-refractivity contribution in [3.05, 3.63) is 76.7 Å². The first-order valence-electron chi connectivity index (χ1n) is 9.73. The molecular weight excluding hydrogens is 378 g/mol. The average Bonchev–Trinajstić information content (AvgIpc) is 3.05. The summed E-state index contributed by atoms with van der Waals surface area (Å²) in [6.45, 7) is 7.86. The van der Waals surface area contributed by atoms with Crippen molar-refractivity contribution in [2.24, 2.45) is 0 Å². The molecule has 3 rings (SSSR count). The molecule has 6 heteroatoms. The van der Waals surface area contributed by atoms with Gasteiger partial charge >= 0.3 is 0 Å². The van der Waals surface area contributed by atoms with Crippen molar-refractivity contribution < 1.29 is 14.1 Å². The van der Waals surface area contributed by atoms with Gasteiger partial charge in [0, 0.05) is 5.69 Å². The molecule has 0 unspecified atom stereocenters. The lowest BCUT2D eigenvalue weighted by molar-refractivity contribution is -0.115. The van der Waals surface area contributed by atoms with Crippen molar-refractivity contribution in [1.29, 1.82) is 5.26 Å². The average molecular weight is 403 g/mol. The number of ether oxygens (including phenoxy) is 1. The number of carbonyl (C=O) groups excluding carboxylic acids is 1. The van der Waals surface area contributed by atoms with Crippen LogP contribution in [0.2, 0.25) is 0 Å². The highest BCUT2D eigenvalue weighted by Gasteiger charge is 2.19. The number of benzene rings is 2.